The van der Waals surface area contributed by atoms with Crippen molar-refractivity contribution in [3.8, 4) is 0 Å². The van der Waals surface area contributed by atoms with Gasteiger partial charge in [0.1, 0.15) is 4.90 Å². The third-order valence-electron chi connectivity index (χ3n) is 2.73. The molecule has 0 aliphatic heterocycles. The number of hydrogen-bond donors (Lipinski definition) is 4. The number of nitrogens with one attached hydrogen (secondary N) is 1. The average molecular weight is 314 g/mol. The molecule has 1 aromatic rings. The van der Waals surface area contributed by atoms with E-state index in [0.29, 0.717) is 12.8 Å². The molecule has 116 valence electrons. The Labute approximate surface area is 122 Å². The summed E-state index contributed by atoms with van der Waals surface area (Å²) in [6.07, 6.45) is 1.17. The van der Waals surface area contributed by atoms with E-state index in [4.69, 9.17) is 17.2 Å². The smallest absolute Gasteiger partial charge is 0.248 e. The lowest BCUT2D eigenvalue weighted by Crippen LogP contribution is -2.26. The number of nitrogen functional groups attached to an aromatic ring is 1. The molecule has 0 radical (unpaired) electrons. The fraction of sp³-hybridized carbons (Fsp3) is 0.333. The summed E-state index contributed by atoms with van der Waals surface area (Å²) < 4.78 is 26.4. The van der Waals surface area contributed by atoms with Gasteiger partial charge in [0.15, 0.2) is 0 Å². The van der Waals surface area contributed by atoms with Crippen LogP contribution in [0.2, 0.25) is 0 Å². The van der Waals surface area contributed by atoms with Crippen molar-refractivity contribution in [2.75, 3.05) is 12.3 Å². The molecule has 0 atom stereocenters. The molecule has 0 aromatic heterocycles. The lowest BCUT2D eigenvalue weighted by atomic mass is 10.2. The summed E-state index contributed by atoms with van der Waals surface area (Å²) in [6, 6.07) is 3.73. The zero-order chi connectivity index (χ0) is 16.0. The van der Waals surface area contributed by atoms with Crippen LogP contribution in [0.25, 0.3) is 0 Å². The van der Waals surface area contributed by atoms with E-state index in [0.717, 1.165) is 0 Å². The van der Waals surface area contributed by atoms with E-state index in [9.17, 15) is 18.0 Å². The Hall–Kier alpha value is -2.13. The number of carbonyl (C=O) groups is 2. The third kappa shape index (κ3) is 5.04. The van der Waals surface area contributed by atoms with E-state index >= 15 is 0 Å². The third-order valence-corrected chi connectivity index (χ3v) is 4.26. The van der Waals surface area contributed by atoms with Crippen LogP contribution in [-0.2, 0) is 14.8 Å². The topological polar surface area (TPSA) is 158 Å². The van der Waals surface area contributed by atoms with E-state index in [-0.39, 0.29) is 29.1 Å². The highest BCUT2D eigenvalue weighted by Crippen LogP contribution is 2.19. The highest BCUT2D eigenvalue weighted by Gasteiger charge is 2.17. The number of nitrogens with two attached hydrogens (primary N) is 3. The van der Waals surface area contributed by atoms with Gasteiger partial charge in [0.2, 0.25) is 21.8 Å². The number of hydrogen-bond acceptors (Lipinski definition) is 5. The van der Waals surface area contributed by atoms with Gasteiger partial charge in [-0.1, -0.05) is 0 Å². The van der Waals surface area contributed by atoms with Crippen molar-refractivity contribution in [3.05, 3.63) is 23.8 Å². The number of rotatable bonds is 8. The van der Waals surface area contributed by atoms with Crippen LogP contribution in [0.5, 0.6) is 0 Å². The maximum atomic E-state index is 12.0. The molecule has 0 bridgehead atoms. The zero-order valence-electron chi connectivity index (χ0n) is 11.3. The van der Waals surface area contributed by atoms with E-state index in [1.54, 1.807) is 0 Å². The first-order valence-electron chi connectivity index (χ1n) is 6.21. The number of primary amides is 2. The van der Waals surface area contributed by atoms with Crippen molar-refractivity contribution in [1.82, 2.24) is 4.72 Å². The number of unbranched alkanes of at least 4 members (excludes halogenated alkanes) is 1. The minimum Gasteiger partial charge on any atom is -0.398 e. The first kappa shape index (κ1) is 16.9. The predicted octanol–water partition coefficient (Wildman–Crippen LogP) is -0.698. The minimum atomic E-state index is -3.78. The van der Waals surface area contributed by atoms with Crippen LogP contribution in [0.3, 0.4) is 0 Å². The van der Waals surface area contributed by atoms with Gasteiger partial charge >= 0.3 is 0 Å². The fourth-order valence-corrected chi connectivity index (χ4v) is 2.84. The maximum absolute atomic E-state index is 12.0. The minimum absolute atomic E-state index is 0.0593. The number of anilines is 1. The largest absolute Gasteiger partial charge is 0.398 e. The maximum Gasteiger partial charge on any atom is 0.248 e. The number of benzene rings is 1. The molecule has 0 spiro atoms. The first-order valence-corrected chi connectivity index (χ1v) is 7.69. The standard InChI is InChI=1S/C12H18N4O4S/c13-9-7-8(12(15)18)4-5-10(9)21(19,20)16-6-2-1-3-11(14)17/h4-5,7,16H,1-3,6,13H2,(H2,14,17)(H2,15,18). The molecule has 0 aliphatic carbocycles. The quantitative estimate of drug-likeness (QED) is 0.368. The summed E-state index contributed by atoms with van der Waals surface area (Å²) >= 11 is 0. The van der Waals surface area contributed by atoms with E-state index in [1.165, 1.54) is 18.2 Å². The summed E-state index contributed by atoms with van der Waals surface area (Å²) in [5.41, 5.74) is 15.8. The van der Waals surface area contributed by atoms with Gasteiger partial charge < -0.3 is 17.2 Å². The molecular formula is C12H18N4O4S. The van der Waals surface area contributed by atoms with E-state index < -0.39 is 21.8 Å². The van der Waals surface area contributed by atoms with Crippen molar-refractivity contribution in [2.24, 2.45) is 11.5 Å². The second-order valence-corrected chi connectivity index (χ2v) is 6.17. The molecule has 7 N–H and O–H groups in total. The van der Waals surface area contributed by atoms with Crippen LogP contribution >= 0.6 is 0 Å². The molecule has 21 heavy (non-hydrogen) atoms. The molecule has 9 heteroatoms. The van der Waals surface area contributed by atoms with Gasteiger partial charge in [-0.15, -0.1) is 0 Å². The van der Waals surface area contributed by atoms with Gasteiger partial charge in [-0.3, -0.25) is 9.59 Å². The highest BCUT2D eigenvalue weighted by molar-refractivity contribution is 7.89. The van der Waals surface area contributed by atoms with Gasteiger partial charge in [0.25, 0.3) is 0 Å². The number of sulfonamides is 1. The lowest BCUT2D eigenvalue weighted by molar-refractivity contribution is -0.118. The van der Waals surface area contributed by atoms with Crippen molar-refractivity contribution >= 4 is 27.5 Å². The van der Waals surface area contributed by atoms with Gasteiger partial charge in [-0.2, -0.15) is 0 Å². The number of amides is 2. The Morgan fingerprint density at radius 1 is 1.14 bits per heavy atom. The van der Waals surface area contributed by atoms with Crippen molar-refractivity contribution < 1.29 is 18.0 Å². The summed E-state index contributed by atoms with van der Waals surface area (Å²) in [7, 11) is -3.78. The van der Waals surface area contributed by atoms with Crippen molar-refractivity contribution in [3.63, 3.8) is 0 Å². The normalized spacial score (nSPS) is 11.2. The Bertz CT molecular complexity index is 643. The molecule has 1 aromatic carbocycles. The zero-order valence-corrected chi connectivity index (χ0v) is 12.2. The molecule has 0 fully saturated rings. The highest BCUT2D eigenvalue weighted by atomic mass is 32.2. The van der Waals surface area contributed by atoms with Gasteiger partial charge in [0.05, 0.1) is 5.69 Å². The Morgan fingerprint density at radius 3 is 2.33 bits per heavy atom. The van der Waals surface area contributed by atoms with Gasteiger partial charge in [0, 0.05) is 18.5 Å². The van der Waals surface area contributed by atoms with Crippen LogP contribution in [0, 0.1) is 0 Å². The summed E-state index contributed by atoms with van der Waals surface area (Å²) in [4.78, 5) is 21.4. The molecule has 0 unspecified atom stereocenters. The summed E-state index contributed by atoms with van der Waals surface area (Å²) in [6.45, 7) is 0.159. The van der Waals surface area contributed by atoms with Crippen LogP contribution < -0.4 is 21.9 Å². The Kier molecular flexibility index (Phi) is 5.68. The second-order valence-electron chi connectivity index (χ2n) is 4.44. The Morgan fingerprint density at radius 2 is 1.81 bits per heavy atom. The number of carbonyl (C=O) groups excluding carboxylic acids is 2. The molecule has 0 aliphatic rings. The molecule has 1 rings (SSSR count). The van der Waals surface area contributed by atoms with Gasteiger partial charge in [-0.25, -0.2) is 13.1 Å². The van der Waals surface area contributed by atoms with Crippen molar-refractivity contribution in [1.29, 1.82) is 0 Å². The van der Waals surface area contributed by atoms with Crippen LogP contribution in [-0.4, -0.2) is 26.8 Å². The molecule has 0 saturated heterocycles. The van der Waals surface area contributed by atoms with Crippen molar-refractivity contribution in [2.45, 2.75) is 24.2 Å². The second kappa shape index (κ2) is 7.04. The first-order chi connectivity index (χ1) is 9.74. The Balaban J connectivity index is 2.70. The van der Waals surface area contributed by atoms with Crippen LogP contribution in [0.15, 0.2) is 23.1 Å². The fourth-order valence-electron chi connectivity index (χ4n) is 1.65. The lowest BCUT2D eigenvalue weighted by Gasteiger charge is -2.09. The monoisotopic (exact) mass is 314 g/mol. The van der Waals surface area contributed by atoms with Gasteiger partial charge in [-0.05, 0) is 31.0 Å². The van der Waals surface area contributed by atoms with E-state index in [1.807, 2.05) is 0 Å². The SMILES string of the molecule is NC(=O)CCCCNS(=O)(=O)c1ccc(C(N)=O)cc1N. The summed E-state index contributed by atoms with van der Waals surface area (Å²) in [5, 5.41) is 0. The molecule has 0 heterocycles. The summed E-state index contributed by atoms with van der Waals surface area (Å²) in [5.74, 6) is -1.12. The molecule has 0 saturated carbocycles. The average Bonchev–Trinajstić information content (AvgIpc) is 2.37. The van der Waals surface area contributed by atoms with Crippen LogP contribution in [0.1, 0.15) is 29.6 Å². The van der Waals surface area contributed by atoms with E-state index in [2.05, 4.69) is 4.72 Å². The molecule has 2 amide bonds. The molecule has 8 nitrogen and oxygen atoms in total. The predicted molar refractivity (Wildman–Crippen MR) is 77.6 cm³/mol. The van der Waals surface area contributed by atoms with Crippen LogP contribution in [0.4, 0.5) is 5.69 Å². The molecular weight excluding hydrogens is 296 g/mol.